The van der Waals surface area contributed by atoms with Gasteiger partial charge in [0.2, 0.25) is 0 Å². The zero-order valence-corrected chi connectivity index (χ0v) is 10.9. The van der Waals surface area contributed by atoms with E-state index in [0.29, 0.717) is 24.8 Å². The molecule has 1 aromatic heterocycles. The van der Waals surface area contributed by atoms with E-state index in [2.05, 4.69) is 10.2 Å². The molecular weight excluding hydrogens is 256 g/mol. The fraction of sp³-hybridized carbons (Fsp3) is 0.214. The summed E-state index contributed by atoms with van der Waals surface area (Å²) in [6, 6.07) is 9.22. The van der Waals surface area contributed by atoms with E-state index in [-0.39, 0.29) is 0 Å². The molecule has 6 nitrogen and oxygen atoms in total. The Labute approximate surface area is 116 Å². The lowest BCUT2D eigenvalue weighted by Crippen LogP contribution is -2.15. The van der Waals surface area contributed by atoms with Gasteiger partial charge >= 0.3 is 0 Å². The number of aromatic nitrogens is 2. The zero-order valence-electron chi connectivity index (χ0n) is 10.9. The Morgan fingerprint density at radius 3 is 2.60 bits per heavy atom. The summed E-state index contributed by atoms with van der Waals surface area (Å²) >= 11 is 0. The third-order valence-electron chi connectivity index (χ3n) is 2.98. The molecule has 0 radical (unpaired) electrons. The number of nitrogens with zero attached hydrogens (tertiary/aromatic N) is 4. The van der Waals surface area contributed by atoms with Crippen LogP contribution in [0.5, 0.6) is 11.5 Å². The van der Waals surface area contributed by atoms with Gasteiger partial charge in [-0.2, -0.15) is 5.26 Å². The van der Waals surface area contributed by atoms with Gasteiger partial charge in [0.25, 0.3) is 0 Å². The smallest absolute Gasteiger partial charge is 0.185 e. The highest BCUT2D eigenvalue weighted by atomic mass is 16.6. The molecule has 0 N–H and O–H groups in total. The maximum absolute atomic E-state index is 8.78. The Balaban J connectivity index is 1.91. The van der Waals surface area contributed by atoms with E-state index >= 15 is 0 Å². The van der Waals surface area contributed by atoms with Crippen LogP contribution in [-0.2, 0) is 0 Å². The molecule has 1 aliphatic heterocycles. The maximum atomic E-state index is 8.78. The standard InChI is InChI=1S/C14H12N4O2/c1-18(9-15)14-5-3-11(16-17-14)10-2-4-12-13(8-10)20-7-6-19-12/h2-5,8H,6-7H2,1H3. The van der Waals surface area contributed by atoms with Crippen LogP contribution in [0.2, 0.25) is 0 Å². The summed E-state index contributed by atoms with van der Waals surface area (Å²) in [5.74, 6) is 1.97. The number of ether oxygens (including phenoxy) is 2. The SMILES string of the molecule is CN(C#N)c1ccc(-c2ccc3c(c2)OCCO3)nn1. The molecule has 2 aromatic rings. The van der Waals surface area contributed by atoms with E-state index in [4.69, 9.17) is 14.7 Å². The average molecular weight is 268 g/mol. The molecule has 0 spiro atoms. The van der Waals surface area contributed by atoms with Crippen LogP contribution in [0.1, 0.15) is 0 Å². The molecule has 100 valence electrons. The van der Waals surface area contributed by atoms with Crippen LogP contribution in [0.4, 0.5) is 5.82 Å². The molecule has 2 heterocycles. The molecule has 0 saturated carbocycles. The summed E-state index contributed by atoms with van der Waals surface area (Å²) in [7, 11) is 1.63. The molecular formula is C14H12N4O2. The zero-order chi connectivity index (χ0) is 13.9. The van der Waals surface area contributed by atoms with Crippen molar-refractivity contribution in [1.29, 1.82) is 5.26 Å². The highest BCUT2D eigenvalue weighted by molar-refractivity contribution is 5.64. The number of benzene rings is 1. The van der Waals surface area contributed by atoms with Gasteiger partial charge < -0.3 is 9.47 Å². The molecule has 20 heavy (non-hydrogen) atoms. The van der Waals surface area contributed by atoms with Gasteiger partial charge in [0.05, 0.1) is 5.69 Å². The maximum Gasteiger partial charge on any atom is 0.185 e. The first-order valence-electron chi connectivity index (χ1n) is 6.15. The molecule has 0 fully saturated rings. The Bertz CT molecular complexity index is 664. The summed E-state index contributed by atoms with van der Waals surface area (Å²) in [6.45, 7) is 1.12. The van der Waals surface area contributed by atoms with Crippen LogP contribution in [-0.4, -0.2) is 30.5 Å². The molecule has 0 bridgehead atoms. The van der Waals surface area contributed by atoms with E-state index in [9.17, 15) is 0 Å². The van der Waals surface area contributed by atoms with Gasteiger partial charge in [-0.1, -0.05) is 0 Å². The van der Waals surface area contributed by atoms with E-state index in [1.54, 1.807) is 13.1 Å². The number of hydrogen-bond acceptors (Lipinski definition) is 6. The first-order valence-corrected chi connectivity index (χ1v) is 6.15. The van der Waals surface area contributed by atoms with Gasteiger partial charge in [-0.25, -0.2) is 0 Å². The second-order valence-electron chi connectivity index (χ2n) is 4.29. The van der Waals surface area contributed by atoms with Crippen LogP contribution in [0.25, 0.3) is 11.3 Å². The second-order valence-corrected chi connectivity index (χ2v) is 4.29. The Morgan fingerprint density at radius 1 is 1.10 bits per heavy atom. The third kappa shape index (κ3) is 2.21. The van der Waals surface area contributed by atoms with Crippen LogP contribution >= 0.6 is 0 Å². The van der Waals surface area contributed by atoms with Crippen LogP contribution in [0.15, 0.2) is 30.3 Å². The minimum absolute atomic E-state index is 0.508. The van der Waals surface area contributed by atoms with Crippen molar-refractivity contribution in [3.8, 4) is 28.9 Å². The lowest BCUT2D eigenvalue weighted by molar-refractivity contribution is 0.171. The number of hydrogen-bond donors (Lipinski definition) is 0. The molecule has 3 rings (SSSR count). The third-order valence-corrected chi connectivity index (χ3v) is 2.98. The van der Waals surface area contributed by atoms with Crippen LogP contribution in [0.3, 0.4) is 0 Å². The summed E-state index contributed by atoms with van der Waals surface area (Å²) in [6.07, 6.45) is 1.98. The van der Waals surface area contributed by atoms with Crippen molar-refractivity contribution in [2.75, 3.05) is 25.2 Å². The van der Waals surface area contributed by atoms with Gasteiger partial charge in [-0.05, 0) is 30.3 Å². The van der Waals surface area contributed by atoms with E-state index in [1.807, 2.05) is 30.5 Å². The average Bonchev–Trinajstić information content (AvgIpc) is 2.54. The quantitative estimate of drug-likeness (QED) is 0.611. The first kappa shape index (κ1) is 12.2. The van der Waals surface area contributed by atoms with Crippen LogP contribution in [0, 0.1) is 11.5 Å². The van der Waals surface area contributed by atoms with E-state index < -0.39 is 0 Å². The van der Waals surface area contributed by atoms with E-state index in [1.165, 1.54) is 4.90 Å². The lowest BCUT2D eigenvalue weighted by atomic mass is 10.1. The van der Waals surface area contributed by atoms with Gasteiger partial charge in [0.1, 0.15) is 13.2 Å². The summed E-state index contributed by atoms with van der Waals surface area (Å²) in [4.78, 5) is 1.35. The van der Waals surface area contributed by atoms with Crippen molar-refractivity contribution in [2.24, 2.45) is 0 Å². The van der Waals surface area contributed by atoms with Gasteiger partial charge in [0, 0.05) is 12.6 Å². The molecule has 0 unspecified atom stereocenters. The number of nitriles is 1. The molecule has 1 aliphatic rings. The summed E-state index contributed by atoms with van der Waals surface area (Å²) in [5.41, 5.74) is 1.62. The monoisotopic (exact) mass is 268 g/mol. The van der Waals surface area contributed by atoms with Crippen LogP contribution < -0.4 is 14.4 Å². The molecule has 0 atom stereocenters. The highest BCUT2D eigenvalue weighted by Crippen LogP contribution is 2.33. The van der Waals surface area contributed by atoms with Gasteiger partial charge in [-0.15, -0.1) is 10.2 Å². The van der Waals surface area contributed by atoms with Crippen molar-refractivity contribution in [3.05, 3.63) is 30.3 Å². The van der Waals surface area contributed by atoms with Crippen molar-refractivity contribution >= 4 is 5.82 Å². The predicted octanol–water partition coefficient (Wildman–Crippen LogP) is 1.83. The lowest BCUT2D eigenvalue weighted by Gasteiger charge is -2.18. The summed E-state index contributed by atoms with van der Waals surface area (Å²) < 4.78 is 11.0. The van der Waals surface area contributed by atoms with Crippen molar-refractivity contribution in [2.45, 2.75) is 0 Å². The number of fused-ring (bicyclic) bond motifs is 1. The molecule has 0 saturated heterocycles. The largest absolute Gasteiger partial charge is 0.486 e. The molecule has 0 aliphatic carbocycles. The molecule has 0 amide bonds. The fourth-order valence-electron chi connectivity index (χ4n) is 1.91. The predicted molar refractivity (Wildman–Crippen MR) is 72.5 cm³/mol. The minimum atomic E-state index is 0.508. The minimum Gasteiger partial charge on any atom is -0.486 e. The Morgan fingerprint density at radius 2 is 1.90 bits per heavy atom. The Hall–Kier alpha value is -2.81. The number of rotatable bonds is 2. The van der Waals surface area contributed by atoms with E-state index in [0.717, 1.165) is 17.0 Å². The molecule has 6 heteroatoms. The van der Waals surface area contributed by atoms with Crippen molar-refractivity contribution < 1.29 is 9.47 Å². The number of anilines is 1. The molecule has 1 aromatic carbocycles. The fourth-order valence-corrected chi connectivity index (χ4v) is 1.91. The Kier molecular flexibility index (Phi) is 3.09. The van der Waals surface area contributed by atoms with Gasteiger partial charge in [-0.3, -0.25) is 4.90 Å². The summed E-state index contributed by atoms with van der Waals surface area (Å²) in [5, 5.41) is 16.9. The van der Waals surface area contributed by atoms with Crippen molar-refractivity contribution in [1.82, 2.24) is 10.2 Å². The topological polar surface area (TPSA) is 71.3 Å². The van der Waals surface area contributed by atoms with Gasteiger partial charge in [0.15, 0.2) is 23.5 Å². The van der Waals surface area contributed by atoms with Crippen molar-refractivity contribution in [3.63, 3.8) is 0 Å². The second kappa shape index (κ2) is 5.05. The first-order chi connectivity index (χ1) is 9.78. The normalized spacial score (nSPS) is 12.6. The highest BCUT2D eigenvalue weighted by Gasteiger charge is 2.13.